The lowest BCUT2D eigenvalue weighted by Crippen LogP contribution is -2.31. The zero-order chi connectivity index (χ0) is 26.1. The molecule has 0 aliphatic carbocycles. The summed E-state index contributed by atoms with van der Waals surface area (Å²) in [5.74, 6) is -2.79. The van der Waals surface area contributed by atoms with Crippen molar-refractivity contribution >= 4 is 34.3 Å². The Bertz CT molecular complexity index is 1540. The number of Topliss-reactive ketones (excluding diaryl/α,β-unsaturated/α-hetero) is 1. The standard InChI is InChI=1S/C28H22FN3O5/c1-37-28(36)17-6-4-16(5-7-17)24-23(25(33)19-3-2-11-30-14-19)26(34)27(35)32(24)12-10-18-15-31-22-13-20(29)8-9-21(18)22/h2-9,11,13-15,24,31,33H,10,12H2,1H3/b25-23+. The van der Waals surface area contributed by atoms with E-state index in [1.165, 1.54) is 36.5 Å². The topological polar surface area (TPSA) is 113 Å². The molecular formula is C28H22FN3O5. The summed E-state index contributed by atoms with van der Waals surface area (Å²) in [6.07, 6.45) is 5.07. The van der Waals surface area contributed by atoms with Gasteiger partial charge in [-0.1, -0.05) is 12.1 Å². The number of nitrogens with one attached hydrogen (secondary N) is 1. The molecule has 0 spiro atoms. The molecule has 1 fully saturated rings. The summed E-state index contributed by atoms with van der Waals surface area (Å²) < 4.78 is 18.4. The normalized spacial score (nSPS) is 16.9. The van der Waals surface area contributed by atoms with Crippen molar-refractivity contribution in [2.75, 3.05) is 13.7 Å². The minimum absolute atomic E-state index is 0.0650. The van der Waals surface area contributed by atoms with E-state index in [-0.39, 0.29) is 23.7 Å². The molecule has 0 bridgehead atoms. The minimum Gasteiger partial charge on any atom is -0.507 e. The third-order valence-electron chi connectivity index (χ3n) is 6.47. The number of esters is 1. The molecule has 2 aromatic carbocycles. The number of rotatable bonds is 6. The number of aliphatic hydroxyl groups is 1. The molecule has 2 aromatic heterocycles. The molecule has 186 valence electrons. The molecule has 1 aliphatic heterocycles. The second kappa shape index (κ2) is 9.69. The van der Waals surface area contributed by atoms with Crippen LogP contribution in [0.4, 0.5) is 4.39 Å². The number of carbonyl (C=O) groups excluding carboxylic acids is 3. The van der Waals surface area contributed by atoms with Crippen LogP contribution in [0.1, 0.15) is 33.1 Å². The number of aliphatic hydroxyl groups excluding tert-OH is 1. The number of H-pyrrole nitrogens is 1. The summed E-state index contributed by atoms with van der Waals surface area (Å²) in [7, 11) is 1.28. The van der Waals surface area contributed by atoms with E-state index in [4.69, 9.17) is 4.74 Å². The van der Waals surface area contributed by atoms with Gasteiger partial charge in [0.05, 0.1) is 24.3 Å². The van der Waals surface area contributed by atoms with Crippen LogP contribution in [0.15, 0.2) is 78.8 Å². The summed E-state index contributed by atoms with van der Waals surface area (Å²) >= 11 is 0. The molecule has 1 atom stereocenters. The van der Waals surface area contributed by atoms with Gasteiger partial charge in [-0.05, 0) is 60.0 Å². The molecule has 5 rings (SSSR count). The number of methoxy groups -OCH3 is 1. The molecule has 0 radical (unpaired) electrons. The summed E-state index contributed by atoms with van der Waals surface area (Å²) in [5, 5.41) is 11.9. The molecule has 2 N–H and O–H groups in total. The van der Waals surface area contributed by atoms with Crippen LogP contribution in [0, 0.1) is 5.82 Å². The fourth-order valence-corrected chi connectivity index (χ4v) is 4.64. The summed E-state index contributed by atoms with van der Waals surface area (Å²) in [4.78, 5) is 46.7. The van der Waals surface area contributed by atoms with Crippen molar-refractivity contribution < 1.29 is 28.6 Å². The highest BCUT2D eigenvalue weighted by Gasteiger charge is 2.46. The molecule has 4 aromatic rings. The van der Waals surface area contributed by atoms with E-state index in [2.05, 4.69) is 9.97 Å². The highest BCUT2D eigenvalue weighted by Crippen LogP contribution is 2.39. The summed E-state index contributed by atoms with van der Waals surface area (Å²) in [5.41, 5.74) is 2.56. The number of nitrogens with zero attached hydrogens (tertiary/aromatic N) is 2. The predicted octanol–water partition coefficient (Wildman–Crippen LogP) is 4.15. The van der Waals surface area contributed by atoms with Crippen LogP contribution in [0.3, 0.4) is 0 Å². The van der Waals surface area contributed by atoms with Gasteiger partial charge in [-0.3, -0.25) is 14.6 Å². The molecule has 37 heavy (non-hydrogen) atoms. The number of pyridine rings is 1. The highest BCUT2D eigenvalue weighted by atomic mass is 19.1. The van der Waals surface area contributed by atoms with Gasteiger partial charge in [0.15, 0.2) is 0 Å². The number of amides is 1. The molecule has 9 heteroatoms. The van der Waals surface area contributed by atoms with Gasteiger partial charge >= 0.3 is 5.97 Å². The number of hydrogen-bond acceptors (Lipinski definition) is 6. The largest absolute Gasteiger partial charge is 0.507 e. The highest BCUT2D eigenvalue weighted by molar-refractivity contribution is 6.46. The van der Waals surface area contributed by atoms with E-state index in [1.807, 2.05) is 0 Å². The molecule has 1 unspecified atom stereocenters. The molecule has 1 aliphatic rings. The SMILES string of the molecule is COC(=O)c1ccc(C2/C(=C(\O)c3cccnc3)C(=O)C(=O)N2CCc2c[nH]c3cc(F)ccc23)cc1. The van der Waals surface area contributed by atoms with Gasteiger partial charge in [0.25, 0.3) is 11.7 Å². The lowest BCUT2D eigenvalue weighted by Gasteiger charge is -2.25. The van der Waals surface area contributed by atoms with E-state index < -0.39 is 23.7 Å². The average molecular weight is 499 g/mol. The first-order chi connectivity index (χ1) is 17.9. The molecule has 3 heterocycles. The van der Waals surface area contributed by atoms with Crippen LogP contribution in [0.2, 0.25) is 0 Å². The number of carbonyl (C=O) groups is 3. The molecule has 0 saturated carbocycles. The smallest absolute Gasteiger partial charge is 0.337 e. The molecule has 1 amide bonds. The van der Waals surface area contributed by atoms with Gasteiger partial charge in [0, 0.05) is 41.6 Å². The van der Waals surface area contributed by atoms with Crippen LogP contribution in [0.5, 0.6) is 0 Å². The van der Waals surface area contributed by atoms with Crippen molar-refractivity contribution in [3.8, 4) is 0 Å². The second-order valence-corrected chi connectivity index (χ2v) is 8.60. The summed E-state index contributed by atoms with van der Waals surface area (Å²) in [6, 6.07) is 13.1. The maximum absolute atomic E-state index is 13.6. The quantitative estimate of drug-likeness (QED) is 0.178. The van der Waals surface area contributed by atoms with Gasteiger partial charge in [-0.2, -0.15) is 0 Å². The van der Waals surface area contributed by atoms with E-state index >= 15 is 0 Å². The molecular weight excluding hydrogens is 477 g/mol. The monoisotopic (exact) mass is 499 g/mol. The first-order valence-electron chi connectivity index (χ1n) is 11.5. The molecule has 8 nitrogen and oxygen atoms in total. The number of benzene rings is 2. The maximum atomic E-state index is 13.6. The Morgan fingerprint density at radius 1 is 1.14 bits per heavy atom. The van der Waals surface area contributed by atoms with E-state index in [9.17, 15) is 23.9 Å². The van der Waals surface area contributed by atoms with Crippen LogP contribution < -0.4 is 0 Å². The third-order valence-corrected chi connectivity index (χ3v) is 6.47. The number of aromatic nitrogens is 2. The Kier molecular flexibility index (Phi) is 6.27. The Morgan fingerprint density at radius 3 is 2.62 bits per heavy atom. The Morgan fingerprint density at radius 2 is 1.92 bits per heavy atom. The number of hydrogen-bond donors (Lipinski definition) is 2. The Balaban J connectivity index is 1.55. The van der Waals surface area contributed by atoms with Crippen molar-refractivity contribution in [1.82, 2.24) is 14.9 Å². The fraction of sp³-hybridized carbons (Fsp3) is 0.143. The predicted molar refractivity (Wildman–Crippen MR) is 133 cm³/mol. The fourth-order valence-electron chi connectivity index (χ4n) is 4.64. The number of halogens is 1. The van der Waals surface area contributed by atoms with Crippen molar-refractivity contribution in [3.63, 3.8) is 0 Å². The van der Waals surface area contributed by atoms with E-state index in [0.29, 0.717) is 28.6 Å². The Labute approximate surface area is 211 Å². The zero-order valence-electron chi connectivity index (χ0n) is 19.8. The number of likely N-dealkylation sites (tertiary alicyclic amines) is 1. The van der Waals surface area contributed by atoms with Crippen molar-refractivity contribution in [1.29, 1.82) is 0 Å². The van der Waals surface area contributed by atoms with Crippen molar-refractivity contribution in [3.05, 3.63) is 107 Å². The Hall–Kier alpha value is -4.79. The van der Waals surface area contributed by atoms with Gasteiger partial charge in [-0.15, -0.1) is 0 Å². The van der Waals surface area contributed by atoms with Gasteiger partial charge in [-0.25, -0.2) is 9.18 Å². The van der Waals surface area contributed by atoms with Crippen LogP contribution in [-0.4, -0.2) is 51.3 Å². The first-order valence-corrected chi connectivity index (χ1v) is 11.5. The van der Waals surface area contributed by atoms with Crippen molar-refractivity contribution in [2.24, 2.45) is 0 Å². The zero-order valence-corrected chi connectivity index (χ0v) is 19.8. The van der Waals surface area contributed by atoms with Crippen LogP contribution in [-0.2, 0) is 20.7 Å². The number of aromatic amines is 1. The van der Waals surface area contributed by atoms with Crippen LogP contribution >= 0.6 is 0 Å². The van der Waals surface area contributed by atoms with Gasteiger partial charge in [0.2, 0.25) is 0 Å². The molecule has 1 saturated heterocycles. The van der Waals surface area contributed by atoms with E-state index in [0.717, 1.165) is 10.9 Å². The third kappa shape index (κ3) is 4.35. The maximum Gasteiger partial charge on any atom is 0.337 e. The van der Waals surface area contributed by atoms with Gasteiger partial charge in [0.1, 0.15) is 11.6 Å². The minimum atomic E-state index is -0.894. The lowest BCUT2D eigenvalue weighted by atomic mass is 9.95. The van der Waals surface area contributed by atoms with Crippen molar-refractivity contribution in [2.45, 2.75) is 12.5 Å². The van der Waals surface area contributed by atoms with Gasteiger partial charge < -0.3 is 19.7 Å². The van der Waals surface area contributed by atoms with E-state index in [1.54, 1.807) is 48.7 Å². The lowest BCUT2D eigenvalue weighted by molar-refractivity contribution is -0.139. The number of ketones is 1. The van der Waals surface area contributed by atoms with Crippen LogP contribution in [0.25, 0.3) is 16.7 Å². The first kappa shape index (κ1) is 23.9. The number of ether oxygens (including phenoxy) is 1. The second-order valence-electron chi connectivity index (χ2n) is 8.60. The average Bonchev–Trinajstić information content (AvgIpc) is 3.44. The number of fused-ring (bicyclic) bond motifs is 1. The summed E-state index contributed by atoms with van der Waals surface area (Å²) in [6.45, 7) is 0.155.